The summed E-state index contributed by atoms with van der Waals surface area (Å²) in [7, 11) is 1.52. The number of hydrogen-bond donors (Lipinski definition) is 1. The second-order valence-electron chi connectivity index (χ2n) is 6.28. The number of furan rings is 1. The lowest BCUT2D eigenvalue weighted by Crippen LogP contribution is -2.44. The Bertz CT molecular complexity index is 932. The van der Waals surface area contributed by atoms with Crippen LogP contribution in [0.1, 0.15) is 17.0 Å². The van der Waals surface area contributed by atoms with E-state index in [1.165, 1.54) is 23.3 Å². The quantitative estimate of drug-likeness (QED) is 0.675. The van der Waals surface area contributed by atoms with Crippen molar-refractivity contribution in [3.63, 3.8) is 0 Å². The number of amides is 1. The topological polar surface area (TPSA) is 83.6 Å². The van der Waals surface area contributed by atoms with Crippen molar-refractivity contribution in [2.75, 3.05) is 7.05 Å². The Hall–Kier alpha value is -2.93. The van der Waals surface area contributed by atoms with Gasteiger partial charge in [0.1, 0.15) is 11.8 Å². The Morgan fingerprint density at radius 1 is 1.22 bits per heavy atom. The van der Waals surface area contributed by atoms with Crippen molar-refractivity contribution in [2.45, 2.75) is 25.8 Å². The van der Waals surface area contributed by atoms with Gasteiger partial charge in [0.25, 0.3) is 0 Å². The van der Waals surface area contributed by atoms with E-state index in [1.54, 1.807) is 5.38 Å². The molecule has 0 spiro atoms. The number of benzene rings is 1. The van der Waals surface area contributed by atoms with Crippen molar-refractivity contribution in [1.29, 1.82) is 0 Å². The van der Waals surface area contributed by atoms with E-state index in [4.69, 9.17) is 4.42 Å². The number of carbonyl (C=O) groups is 2. The van der Waals surface area contributed by atoms with Gasteiger partial charge in [-0.3, -0.25) is 4.79 Å². The molecule has 0 radical (unpaired) electrons. The van der Waals surface area contributed by atoms with Gasteiger partial charge in [0.15, 0.2) is 10.8 Å². The van der Waals surface area contributed by atoms with Crippen LogP contribution in [-0.4, -0.2) is 40.0 Å². The molecule has 2 heterocycles. The molecule has 140 valence electrons. The first-order chi connectivity index (χ1) is 12.9. The molecule has 6 nitrogen and oxygen atoms in total. The third-order valence-corrected chi connectivity index (χ3v) is 5.16. The highest BCUT2D eigenvalue weighted by atomic mass is 32.1. The van der Waals surface area contributed by atoms with E-state index >= 15 is 0 Å². The molecule has 1 N–H and O–H groups in total. The Morgan fingerprint density at radius 2 is 1.96 bits per heavy atom. The van der Waals surface area contributed by atoms with Crippen LogP contribution in [0.2, 0.25) is 0 Å². The van der Waals surface area contributed by atoms with E-state index in [9.17, 15) is 14.7 Å². The summed E-state index contributed by atoms with van der Waals surface area (Å²) < 4.78 is 5.55. The molecule has 0 saturated carbocycles. The van der Waals surface area contributed by atoms with Crippen LogP contribution in [-0.2, 0) is 22.4 Å². The van der Waals surface area contributed by atoms with Crippen LogP contribution >= 0.6 is 11.3 Å². The molecule has 0 saturated heterocycles. The molecule has 3 aromatic rings. The second kappa shape index (κ2) is 8.18. The van der Waals surface area contributed by atoms with E-state index in [1.807, 2.05) is 49.4 Å². The summed E-state index contributed by atoms with van der Waals surface area (Å²) in [6.45, 7) is 1.86. The van der Waals surface area contributed by atoms with Gasteiger partial charge >= 0.3 is 5.97 Å². The zero-order chi connectivity index (χ0) is 19.4. The second-order valence-corrected chi connectivity index (χ2v) is 7.14. The maximum absolute atomic E-state index is 12.6. The van der Waals surface area contributed by atoms with Gasteiger partial charge in [0, 0.05) is 18.8 Å². The molecule has 3 rings (SSSR count). The van der Waals surface area contributed by atoms with Crippen molar-refractivity contribution < 1.29 is 19.1 Å². The number of hydrogen-bond acceptors (Lipinski definition) is 5. The smallest absolute Gasteiger partial charge is 0.326 e. The predicted octanol–water partition coefficient (Wildman–Crippen LogP) is 3.41. The maximum Gasteiger partial charge on any atom is 0.326 e. The molecule has 27 heavy (non-hydrogen) atoms. The van der Waals surface area contributed by atoms with Crippen LogP contribution in [0.15, 0.2) is 52.3 Å². The molecule has 0 aliphatic rings. The van der Waals surface area contributed by atoms with Crippen molar-refractivity contribution >= 4 is 23.2 Å². The highest BCUT2D eigenvalue weighted by molar-refractivity contribution is 7.13. The van der Waals surface area contributed by atoms with E-state index in [0.29, 0.717) is 16.5 Å². The zero-order valence-corrected chi connectivity index (χ0v) is 15.9. The van der Waals surface area contributed by atoms with Crippen molar-refractivity contribution in [3.05, 3.63) is 64.9 Å². The molecule has 7 heteroatoms. The first kappa shape index (κ1) is 18.8. The molecule has 1 atom stereocenters. The standard InChI is InChI=1S/C20H20N2O4S/c1-13-8-9-17(26-13)19-21-15(12-27-19)11-18(23)22(2)16(20(24)25)10-14-6-4-3-5-7-14/h3-9,12,16H,10-11H2,1-2H3,(H,24,25). The van der Waals surface area contributed by atoms with Gasteiger partial charge in [-0.15, -0.1) is 11.3 Å². The van der Waals surface area contributed by atoms with Gasteiger partial charge in [-0.25, -0.2) is 9.78 Å². The van der Waals surface area contributed by atoms with E-state index in [-0.39, 0.29) is 18.7 Å². The Kier molecular flexibility index (Phi) is 5.71. The summed E-state index contributed by atoms with van der Waals surface area (Å²) in [6.07, 6.45) is 0.303. The fraction of sp³-hybridized carbons (Fsp3) is 0.250. The number of carboxylic acids is 1. The van der Waals surface area contributed by atoms with Gasteiger partial charge in [-0.05, 0) is 24.6 Å². The summed E-state index contributed by atoms with van der Waals surface area (Å²) in [5.41, 5.74) is 1.47. The fourth-order valence-electron chi connectivity index (χ4n) is 2.73. The van der Waals surface area contributed by atoms with Crippen LogP contribution in [0, 0.1) is 6.92 Å². The largest absolute Gasteiger partial charge is 0.480 e. The SMILES string of the molecule is Cc1ccc(-c2nc(CC(=O)N(C)C(Cc3ccccc3)C(=O)O)cs2)o1. The van der Waals surface area contributed by atoms with Crippen molar-refractivity contribution in [1.82, 2.24) is 9.88 Å². The monoisotopic (exact) mass is 384 g/mol. The van der Waals surface area contributed by atoms with E-state index in [2.05, 4.69) is 4.98 Å². The van der Waals surface area contributed by atoms with Gasteiger partial charge in [0.2, 0.25) is 5.91 Å². The average Bonchev–Trinajstić information content (AvgIpc) is 3.28. The number of thiazole rings is 1. The molecule has 1 amide bonds. The van der Waals surface area contributed by atoms with Crippen LogP contribution < -0.4 is 0 Å². The Labute approximate surface area is 161 Å². The minimum atomic E-state index is -1.03. The molecular formula is C20H20N2O4S. The van der Waals surface area contributed by atoms with Gasteiger partial charge in [-0.2, -0.15) is 0 Å². The third-order valence-electron chi connectivity index (χ3n) is 4.25. The molecule has 0 aliphatic carbocycles. The van der Waals surface area contributed by atoms with Gasteiger partial charge in [-0.1, -0.05) is 30.3 Å². The number of rotatable bonds is 7. The lowest BCUT2D eigenvalue weighted by molar-refractivity contribution is -0.148. The van der Waals surface area contributed by atoms with Crippen LogP contribution in [0.4, 0.5) is 0 Å². The first-order valence-corrected chi connectivity index (χ1v) is 9.35. The summed E-state index contributed by atoms with van der Waals surface area (Å²) in [5, 5.41) is 12.1. The van der Waals surface area contributed by atoms with Crippen LogP contribution in [0.3, 0.4) is 0 Å². The highest BCUT2D eigenvalue weighted by Gasteiger charge is 2.27. The molecule has 0 bridgehead atoms. The molecule has 1 unspecified atom stereocenters. The number of aromatic nitrogens is 1. The van der Waals surface area contributed by atoms with Gasteiger partial charge in [0.05, 0.1) is 12.1 Å². The molecule has 0 aliphatic heterocycles. The number of aryl methyl sites for hydroxylation is 1. The molecule has 2 aromatic heterocycles. The van der Waals surface area contributed by atoms with E-state index in [0.717, 1.165) is 11.3 Å². The average molecular weight is 384 g/mol. The van der Waals surface area contributed by atoms with Crippen LogP contribution in [0.25, 0.3) is 10.8 Å². The number of carbonyl (C=O) groups excluding carboxylic acids is 1. The highest BCUT2D eigenvalue weighted by Crippen LogP contribution is 2.26. The molecular weight excluding hydrogens is 364 g/mol. The summed E-state index contributed by atoms with van der Waals surface area (Å²) in [4.78, 5) is 30.0. The lowest BCUT2D eigenvalue weighted by Gasteiger charge is -2.24. The zero-order valence-electron chi connectivity index (χ0n) is 15.1. The molecule has 1 aromatic carbocycles. The summed E-state index contributed by atoms with van der Waals surface area (Å²) >= 11 is 1.40. The summed E-state index contributed by atoms with van der Waals surface area (Å²) in [6, 6.07) is 12.0. The van der Waals surface area contributed by atoms with Crippen molar-refractivity contribution in [2.24, 2.45) is 0 Å². The third kappa shape index (κ3) is 4.62. The Morgan fingerprint density at radius 3 is 2.59 bits per heavy atom. The maximum atomic E-state index is 12.6. The number of nitrogens with zero attached hydrogens (tertiary/aromatic N) is 2. The first-order valence-electron chi connectivity index (χ1n) is 8.47. The predicted molar refractivity (Wildman–Crippen MR) is 103 cm³/mol. The lowest BCUT2D eigenvalue weighted by atomic mass is 10.0. The van der Waals surface area contributed by atoms with Crippen molar-refractivity contribution in [3.8, 4) is 10.8 Å². The van der Waals surface area contributed by atoms with Crippen LogP contribution in [0.5, 0.6) is 0 Å². The number of likely N-dealkylation sites (N-methyl/N-ethyl adjacent to an activating group) is 1. The van der Waals surface area contributed by atoms with E-state index < -0.39 is 12.0 Å². The number of carboxylic acid groups (broad SMARTS) is 1. The number of aliphatic carboxylic acids is 1. The van der Waals surface area contributed by atoms with Gasteiger partial charge < -0.3 is 14.4 Å². The minimum Gasteiger partial charge on any atom is -0.480 e. The summed E-state index contributed by atoms with van der Waals surface area (Å²) in [5.74, 6) is 0.144. The normalized spacial score (nSPS) is 11.9. The minimum absolute atomic E-state index is 0.0469. The Balaban J connectivity index is 1.68. The molecule has 0 fully saturated rings. The fourth-order valence-corrected chi connectivity index (χ4v) is 3.51.